The van der Waals surface area contributed by atoms with Crippen LogP contribution < -0.4 is 5.73 Å². The molecule has 1 aromatic heterocycles. The monoisotopic (exact) mass is 216 g/mol. The van der Waals surface area contributed by atoms with E-state index in [4.69, 9.17) is 5.73 Å². The summed E-state index contributed by atoms with van der Waals surface area (Å²) >= 11 is 0. The molecule has 0 aliphatic heterocycles. The van der Waals surface area contributed by atoms with E-state index in [0.29, 0.717) is 0 Å². The lowest BCUT2D eigenvalue weighted by molar-refractivity contribution is 0.830. The Morgan fingerprint density at radius 3 is 2.81 bits per heavy atom. The van der Waals surface area contributed by atoms with E-state index in [0.717, 1.165) is 25.8 Å². The van der Waals surface area contributed by atoms with Crippen molar-refractivity contribution in [1.82, 2.24) is 4.57 Å². The van der Waals surface area contributed by atoms with Crippen molar-refractivity contribution in [3.05, 3.63) is 35.5 Å². The fourth-order valence-electron chi connectivity index (χ4n) is 2.23. The molecule has 0 unspecified atom stereocenters. The Hall–Kier alpha value is -1.28. The van der Waals surface area contributed by atoms with E-state index in [9.17, 15) is 0 Å². The number of fused-ring (bicyclic) bond motifs is 1. The predicted octanol–water partition coefficient (Wildman–Crippen LogP) is 2.63. The average molecular weight is 216 g/mol. The van der Waals surface area contributed by atoms with Crippen LogP contribution in [0.2, 0.25) is 0 Å². The van der Waals surface area contributed by atoms with Gasteiger partial charge in [-0.3, -0.25) is 0 Å². The second kappa shape index (κ2) is 4.71. The third kappa shape index (κ3) is 1.98. The molecule has 0 amide bonds. The van der Waals surface area contributed by atoms with Gasteiger partial charge >= 0.3 is 0 Å². The Balaban J connectivity index is 2.47. The van der Waals surface area contributed by atoms with E-state index in [1.807, 2.05) is 0 Å². The van der Waals surface area contributed by atoms with Crippen molar-refractivity contribution in [2.24, 2.45) is 12.8 Å². The highest BCUT2D eigenvalue weighted by Gasteiger charge is 2.06. The SMILES string of the molecule is CCc1ccc2c(c1)c(CCCN)cn2C. The zero-order valence-electron chi connectivity index (χ0n) is 10.2. The van der Waals surface area contributed by atoms with E-state index in [1.54, 1.807) is 0 Å². The molecule has 0 saturated carbocycles. The Morgan fingerprint density at radius 2 is 2.12 bits per heavy atom. The topological polar surface area (TPSA) is 30.9 Å². The van der Waals surface area contributed by atoms with Crippen molar-refractivity contribution in [3.63, 3.8) is 0 Å². The number of nitrogens with zero attached hydrogens (tertiary/aromatic N) is 1. The van der Waals surface area contributed by atoms with E-state index in [-0.39, 0.29) is 0 Å². The summed E-state index contributed by atoms with van der Waals surface area (Å²) < 4.78 is 2.21. The van der Waals surface area contributed by atoms with Crippen LogP contribution in [0.5, 0.6) is 0 Å². The molecule has 0 bridgehead atoms. The molecule has 0 atom stereocenters. The Labute approximate surface area is 97.1 Å². The molecule has 0 aliphatic carbocycles. The Kier molecular flexibility index (Phi) is 3.30. The third-order valence-electron chi connectivity index (χ3n) is 3.19. The molecule has 1 heterocycles. The highest BCUT2D eigenvalue weighted by molar-refractivity contribution is 5.84. The van der Waals surface area contributed by atoms with Crippen molar-refractivity contribution in [2.75, 3.05) is 6.54 Å². The van der Waals surface area contributed by atoms with Crippen LogP contribution in [0.3, 0.4) is 0 Å². The molecule has 0 saturated heterocycles. The van der Waals surface area contributed by atoms with Crippen LogP contribution in [-0.4, -0.2) is 11.1 Å². The van der Waals surface area contributed by atoms with Crippen LogP contribution in [0.15, 0.2) is 24.4 Å². The number of hydrogen-bond donors (Lipinski definition) is 1. The molecule has 0 aliphatic rings. The molecule has 0 fully saturated rings. The van der Waals surface area contributed by atoms with Crippen LogP contribution in [0, 0.1) is 0 Å². The standard InChI is InChI=1S/C14H20N2/c1-3-11-6-7-14-13(9-11)12(5-4-8-15)10-16(14)2/h6-7,9-10H,3-5,8,15H2,1-2H3. The Morgan fingerprint density at radius 1 is 1.31 bits per heavy atom. The largest absolute Gasteiger partial charge is 0.350 e. The van der Waals surface area contributed by atoms with Crippen molar-refractivity contribution < 1.29 is 0 Å². The minimum absolute atomic E-state index is 0.768. The molecule has 0 radical (unpaired) electrons. The summed E-state index contributed by atoms with van der Waals surface area (Å²) in [6.45, 7) is 2.97. The minimum Gasteiger partial charge on any atom is -0.350 e. The lowest BCUT2D eigenvalue weighted by atomic mass is 10.0. The van der Waals surface area contributed by atoms with Gasteiger partial charge in [0.25, 0.3) is 0 Å². The van der Waals surface area contributed by atoms with E-state index in [2.05, 4.69) is 42.9 Å². The fourth-order valence-corrected chi connectivity index (χ4v) is 2.23. The van der Waals surface area contributed by atoms with Crippen LogP contribution >= 0.6 is 0 Å². The summed E-state index contributed by atoms with van der Waals surface area (Å²) in [5.74, 6) is 0. The number of rotatable bonds is 4. The van der Waals surface area contributed by atoms with Crippen molar-refractivity contribution >= 4 is 10.9 Å². The molecule has 2 heteroatoms. The normalized spacial score (nSPS) is 11.2. The first-order chi connectivity index (χ1) is 7.76. The van der Waals surface area contributed by atoms with Gasteiger partial charge in [0.1, 0.15) is 0 Å². The van der Waals surface area contributed by atoms with Gasteiger partial charge in [-0.2, -0.15) is 0 Å². The summed E-state index contributed by atoms with van der Waals surface area (Å²) in [5.41, 5.74) is 9.74. The number of aryl methyl sites for hydroxylation is 3. The zero-order chi connectivity index (χ0) is 11.5. The number of hydrogen-bond acceptors (Lipinski definition) is 1. The summed E-state index contributed by atoms with van der Waals surface area (Å²) in [7, 11) is 2.11. The molecule has 16 heavy (non-hydrogen) atoms. The maximum atomic E-state index is 5.58. The lowest BCUT2D eigenvalue weighted by Crippen LogP contribution is -1.99. The molecule has 2 rings (SSSR count). The summed E-state index contributed by atoms with van der Waals surface area (Å²) in [5, 5.41) is 1.40. The van der Waals surface area contributed by atoms with E-state index < -0.39 is 0 Å². The predicted molar refractivity (Wildman–Crippen MR) is 69.7 cm³/mol. The number of benzene rings is 1. The average Bonchev–Trinajstić information content (AvgIpc) is 2.63. The first-order valence-electron chi connectivity index (χ1n) is 6.03. The minimum atomic E-state index is 0.768. The summed E-state index contributed by atoms with van der Waals surface area (Å²) in [4.78, 5) is 0. The second-order valence-corrected chi connectivity index (χ2v) is 4.36. The first kappa shape index (κ1) is 11.2. The van der Waals surface area contributed by atoms with Gasteiger partial charge in [0.15, 0.2) is 0 Å². The number of nitrogens with two attached hydrogens (primary N) is 1. The maximum Gasteiger partial charge on any atom is 0.0480 e. The fraction of sp³-hybridized carbons (Fsp3) is 0.429. The van der Waals surface area contributed by atoms with Gasteiger partial charge < -0.3 is 10.3 Å². The van der Waals surface area contributed by atoms with Crippen molar-refractivity contribution in [1.29, 1.82) is 0 Å². The van der Waals surface area contributed by atoms with Crippen LogP contribution in [-0.2, 0) is 19.9 Å². The number of aromatic nitrogens is 1. The second-order valence-electron chi connectivity index (χ2n) is 4.36. The van der Waals surface area contributed by atoms with Gasteiger partial charge in [-0.1, -0.05) is 13.0 Å². The molecule has 86 valence electrons. The van der Waals surface area contributed by atoms with E-state index in [1.165, 1.54) is 22.0 Å². The van der Waals surface area contributed by atoms with Gasteiger partial charge in [-0.15, -0.1) is 0 Å². The maximum absolute atomic E-state index is 5.58. The van der Waals surface area contributed by atoms with Gasteiger partial charge in [-0.05, 0) is 49.1 Å². The van der Waals surface area contributed by atoms with Crippen molar-refractivity contribution in [3.8, 4) is 0 Å². The highest BCUT2D eigenvalue weighted by atomic mass is 14.9. The van der Waals surface area contributed by atoms with Crippen LogP contribution in [0.25, 0.3) is 10.9 Å². The molecule has 1 aromatic carbocycles. The van der Waals surface area contributed by atoms with Gasteiger partial charge in [0, 0.05) is 24.1 Å². The molecule has 2 nitrogen and oxygen atoms in total. The van der Waals surface area contributed by atoms with Crippen LogP contribution in [0.1, 0.15) is 24.5 Å². The smallest absolute Gasteiger partial charge is 0.0480 e. The summed E-state index contributed by atoms with van der Waals surface area (Å²) in [6.07, 6.45) is 5.48. The van der Waals surface area contributed by atoms with Gasteiger partial charge in [0.05, 0.1) is 0 Å². The Bertz CT molecular complexity index is 483. The van der Waals surface area contributed by atoms with Crippen molar-refractivity contribution in [2.45, 2.75) is 26.2 Å². The van der Waals surface area contributed by atoms with Gasteiger partial charge in [-0.25, -0.2) is 0 Å². The zero-order valence-corrected chi connectivity index (χ0v) is 10.2. The highest BCUT2D eigenvalue weighted by Crippen LogP contribution is 2.23. The molecule has 2 aromatic rings. The molecule has 0 spiro atoms. The summed E-state index contributed by atoms with van der Waals surface area (Å²) in [6, 6.07) is 6.76. The first-order valence-corrected chi connectivity index (χ1v) is 6.03. The van der Waals surface area contributed by atoms with E-state index >= 15 is 0 Å². The molecule has 2 N–H and O–H groups in total. The molecular formula is C14H20N2. The molecular weight excluding hydrogens is 196 g/mol. The lowest BCUT2D eigenvalue weighted by Gasteiger charge is -2.00. The third-order valence-corrected chi connectivity index (χ3v) is 3.19. The van der Waals surface area contributed by atoms with Crippen LogP contribution in [0.4, 0.5) is 0 Å². The van der Waals surface area contributed by atoms with Gasteiger partial charge in [0.2, 0.25) is 0 Å². The quantitative estimate of drug-likeness (QED) is 0.837.